The molecule has 1 rings (SSSR count). The van der Waals surface area contributed by atoms with Gasteiger partial charge in [0.1, 0.15) is 6.29 Å². The fourth-order valence-electron chi connectivity index (χ4n) is 1.00. The monoisotopic (exact) mass is 215 g/mol. The molecule has 16 heavy (non-hydrogen) atoms. The zero-order valence-electron chi connectivity index (χ0n) is 9.73. The Bertz CT molecular complexity index is 374. The predicted molar refractivity (Wildman–Crippen MR) is 69.3 cm³/mol. The van der Waals surface area contributed by atoms with Gasteiger partial charge in [-0.15, -0.1) is 0 Å². The molecule has 1 N–H and O–H groups in total. The van der Waals surface area contributed by atoms with E-state index in [4.69, 9.17) is 5.41 Å². The van der Waals surface area contributed by atoms with Gasteiger partial charge in [-0.3, -0.25) is 4.79 Å². The van der Waals surface area contributed by atoms with E-state index in [2.05, 4.69) is 6.58 Å². The summed E-state index contributed by atoms with van der Waals surface area (Å²) in [4.78, 5) is 10.4. The van der Waals surface area contributed by atoms with Crippen LogP contribution >= 0.6 is 0 Å². The molecule has 0 saturated carbocycles. The summed E-state index contributed by atoms with van der Waals surface area (Å²) in [6.45, 7) is 7.52. The molecule has 0 aliphatic heterocycles. The van der Waals surface area contributed by atoms with E-state index in [9.17, 15) is 4.79 Å². The SMILES string of the molecule is C=C/C=C\C(=N)c1ccc(C=O)cc1.CC. The molecule has 1 aromatic carbocycles. The lowest BCUT2D eigenvalue weighted by molar-refractivity contribution is 0.112. The average molecular weight is 215 g/mol. The Balaban J connectivity index is 0.00000106. The molecule has 0 fully saturated rings. The van der Waals surface area contributed by atoms with Gasteiger partial charge >= 0.3 is 0 Å². The van der Waals surface area contributed by atoms with Crippen LogP contribution in [0.4, 0.5) is 0 Å². The Hall–Kier alpha value is -1.96. The van der Waals surface area contributed by atoms with Crippen LogP contribution in [-0.2, 0) is 0 Å². The van der Waals surface area contributed by atoms with E-state index in [1.807, 2.05) is 13.8 Å². The number of carbonyl (C=O) groups is 1. The lowest BCUT2D eigenvalue weighted by atomic mass is 10.1. The van der Waals surface area contributed by atoms with Crippen molar-refractivity contribution >= 4 is 12.0 Å². The zero-order chi connectivity index (χ0) is 12.4. The van der Waals surface area contributed by atoms with Crippen LogP contribution in [0.3, 0.4) is 0 Å². The summed E-state index contributed by atoms with van der Waals surface area (Å²) in [5.74, 6) is 0. The van der Waals surface area contributed by atoms with E-state index in [-0.39, 0.29) is 0 Å². The first kappa shape index (κ1) is 14.0. The standard InChI is InChI=1S/C12H11NO.C2H6/c1-2-3-4-12(13)11-7-5-10(9-14)6-8-11;1-2/h2-9,13H,1H2;1-2H3/b4-3-,13-12?;. The minimum Gasteiger partial charge on any atom is -0.300 e. The van der Waals surface area contributed by atoms with Gasteiger partial charge in [0, 0.05) is 5.56 Å². The normalized spacial score (nSPS) is 9.12. The molecule has 0 radical (unpaired) electrons. The largest absolute Gasteiger partial charge is 0.300 e. The molecule has 84 valence electrons. The first-order valence-electron chi connectivity index (χ1n) is 5.21. The Kier molecular flexibility index (Phi) is 7.33. The molecule has 2 nitrogen and oxygen atoms in total. The Morgan fingerprint density at radius 2 is 1.81 bits per heavy atom. The second kappa shape index (κ2) is 8.36. The van der Waals surface area contributed by atoms with Gasteiger partial charge in [-0.2, -0.15) is 0 Å². The summed E-state index contributed by atoms with van der Waals surface area (Å²) in [6, 6.07) is 6.89. The van der Waals surface area contributed by atoms with Crippen molar-refractivity contribution in [3.8, 4) is 0 Å². The van der Waals surface area contributed by atoms with Crippen molar-refractivity contribution in [3.63, 3.8) is 0 Å². The molecular weight excluding hydrogens is 198 g/mol. The zero-order valence-corrected chi connectivity index (χ0v) is 9.73. The summed E-state index contributed by atoms with van der Waals surface area (Å²) < 4.78 is 0. The Morgan fingerprint density at radius 3 is 2.25 bits per heavy atom. The third-order valence-electron chi connectivity index (χ3n) is 1.76. The van der Waals surface area contributed by atoms with E-state index >= 15 is 0 Å². The van der Waals surface area contributed by atoms with E-state index in [1.165, 1.54) is 0 Å². The van der Waals surface area contributed by atoms with Crippen molar-refractivity contribution < 1.29 is 4.79 Å². The second-order valence-electron chi connectivity index (χ2n) is 2.75. The van der Waals surface area contributed by atoms with Crippen molar-refractivity contribution in [1.29, 1.82) is 5.41 Å². The maximum atomic E-state index is 10.4. The number of benzene rings is 1. The van der Waals surface area contributed by atoms with Crippen molar-refractivity contribution in [2.45, 2.75) is 13.8 Å². The van der Waals surface area contributed by atoms with Crippen molar-refractivity contribution in [1.82, 2.24) is 0 Å². The smallest absolute Gasteiger partial charge is 0.150 e. The molecule has 0 unspecified atom stereocenters. The molecule has 0 heterocycles. The molecule has 0 bridgehead atoms. The molecule has 0 saturated heterocycles. The van der Waals surface area contributed by atoms with Gasteiger partial charge in [0.15, 0.2) is 0 Å². The second-order valence-corrected chi connectivity index (χ2v) is 2.75. The average Bonchev–Trinajstić information content (AvgIpc) is 2.38. The highest BCUT2D eigenvalue weighted by Gasteiger charge is 1.96. The highest BCUT2D eigenvalue weighted by molar-refractivity contribution is 6.06. The van der Waals surface area contributed by atoms with Crippen LogP contribution in [-0.4, -0.2) is 12.0 Å². The van der Waals surface area contributed by atoms with Crippen molar-refractivity contribution in [2.75, 3.05) is 0 Å². The Morgan fingerprint density at radius 1 is 1.25 bits per heavy atom. The Labute approximate surface area is 96.8 Å². The molecule has 0 aromatic heterocycles. The molecule has 0 spiro atoms. The van der Waals surface area contributed by atoms with Gasteiger partial charge in [0.25, 0.3) is 0 Å². The van der Waals surface area contributed by atoms with Crippen LogP contribution in [0.2, 0.25) is 0 Å². The minimum atomic E-state index is 0.405. The number of hydrogen-bond donors (Lipinski definition) is 1. The third kappa shape index (κ3) is 4.51. The number of rotatable bonds is 4. The molecule has 0 aliphatic rings. The maximum absolute atomic E-state index is 10.4. The molecule has 2 heteroatoms. The molecule has 0 aliphatic carbocycles. The summed E-state index contributed by atoms with van der Waals surface area (Å²) >= 11 is 0. The lowest BCUT2D eigenvalue weighted by Crippen LogP contribution is -1.94. The van der Waals surface area contributed by atoms with Crippen LogP contribution in [0.15, 0.2) is 49.1 Å². The molecule has 0 atom stereocenters. The van der Waals surface area contributed by atoms with Gasteiger partial charge in [-0.25, -0.2) is 0 Å². The summed E-state index contributed by atoms with van der Waals surface area (Å²) in [7, 11) is 0. The first-order valence-corrected chi connectivity index (χ1v) is 5.21. The van der Waals surface area contributed by atoms with Crippen LogP contribution in [0.5, 0.6) is 0 Å². The van der Waals surface area contributed by atoms with Crippen molar-refractivity contribution in [3.05, 3.63) is 60.2 Å². The first-order chi connectivity index (χ1) is 7.77. The van der Waals surface area contributed by atoms with Crippen LogP contribution < -0.4 is 0 Å². The topological polar surface area (TPSA) is 40.9 Å². The molecule has 1 aromatic rings. The van der Waals surface area contributed by atoms with Gasteiger partial charge in [0.2, 0.25) is 0 Å². The fraction of sp³-hybridized carbons (Fsp3) is 0.143. The van der Waals surface area contributed by atoms with Gasteiger partial charge in [0.05, 0.1) is 5.71 Å². The van der Waals surface area contributed by atoms with Gasteiger partial charge in [-0.1, -0.05) is 56.8 Å². The van der Waals surface area contributed by atoms with E-state index in [0.717, 1.165) is 11.8 Å². The van der Waals surface area contributed by atoms with E-state index in [1.54, 1.807) is 42.5 Å². The highest BCUT2D eigenvalue weighted by Crippen LogP contribution is 2.04. The highest BCUT2D eigenvalue weighted by atomic mass is 16.1. The summed E-state index contributed by atoms with van der Waals surface area (Å²) in [6.07, 6.45) is 5.76. The van der Waals surface area contributed by atoms with E-state index < -0.39 is 0 Å². The van der Waals surface area contributed by atoms with Gasteiger partial charge in [-0.05, 0) is 11.6 Å². The van der Waals surface area contributed by atoms with Gasteiger partial charge < -0.3 is 5.41 Å². The number of carbonyl (C=O) groups excluding carboxylic acids is 1. The molecular formula is C14H17NO. The minimum absolute atomic E-state index is 0.405. The summed E-state index contributed by atoms with van der Waals surface area (Å²) in [5, 5.41) is 7.64. The quantitative estimate of drug-likeness (QED) is 0.465. The van der Waals surface area contributed by atoms with Crippen LogP contribution in [0.25, 0.3) is 0 Å². The predicted octanol–water partition coefficient (Wildman–Crippen LogP) is 3.64. The maximum Gasteiger partial charge on any atom is 0.150 e. The van der Waals surface area contributed by atoms with Crippen LogP contribution in [0.1, 0.15) is 29.8 Å². The van der Waals surface area contributed by atoms with Crippen LogP contribution in [0, 0.1) is 5.41 Å². The third-order valence-corrected chi connectivity index (χ3v) is 1.76. The van der Waals surface area contributed by atoms with E-state index in [0.29, 0.717) is 11.3 Å². The number of aldehydes is 1. The molecule has 0 amide bonds. The fourth-order valence-corrected chi connectivity index (χ4v) is 1.00. The number of nitrogens with one attached hydrogen (secondary N) is 1. The number of hydrogen-bond acceptors (Lipinski definition) is 2. The number of allylic oxidation sites excluding steroid dienone is 3. The lowest BCUT2D eigenvalue weighted by Gasteiger charge is -1.97. The summed E-state index contributed by atoms with van der Waals surface area (Å²) in [5.41, 5.74) is 1.81. The van der Waals surface area contributed by atoms with Crippen molar-refractivity contribution in [2.24, 2.45) is 0 Å².